The maximum absolute atomic E-state index is 13.7. The van der Waals surface area contributed by atoms with E-state index in [1.807, 2.05) is 0 Å². The highest BCUT2D eigenvalue weighted by atomic mass is 19.1. The van der Waals surface area contributed by atoms with E-state index in [0.717, 1.165) is 0 Å². The SMILES string of the molecule is COC(=O)[C@@H]1CCCN1C(=O)c1cc(-c2ccc(NC(=O)Nc3ccccc3F)cc2)no1. The second kappa shape index (κ2) is 9.51. The van der Waals surface area contributed by atoms with Gasteiger partial charge in [-0.15, -0.1) is 0 Å². The van der Waals surface area contributed by atoms with Gasteiger partial charge < -0.3 is 24.8 Å². The topological polar surface area (TPSA) is 114 Å². The van der Waals surface area contributed by atoms with Crippen molar-refractivity contribution in [2.45, 2.75) is 18.9 Å². The van der Waals surface area contributed by atoms with Crippen molar-refractivity contribution >= 4 is 29.3 Å². The van der Waals surface area contributed by atoms with Crippen LogP contribution in [-0.2, 0) is 9.53 Å². The van der Waals surface area contributed by atoms with Crippen LogP contribution < -0.4 is 10.6 Å². The van der Waals surface area contributed by atoms with Crippen molar-refractivity contribution in [1.29, 1.82) is 0 Å². The minimum Gasteiger partial charge on any atom is -0.467 e. The van der Waals surface area contributed by atoms with Crippen molar-refractivity contribution in [3.63, 3.8) is 0 Å². The lowest BCUT2D eigenvalue weighted by Gasteiger charge is -2.20. The molecule has 10 heteroatoms. The summed E-state index contributed by atoms with van der Waals surface area (Å²) in [4.78, 5) is 38.2. The zero-order valence-electron chi connectivity index (χ0n) is 17.7. The Morgan fingerprint density at radius 1 is 1.12 bits per heavy atom. The molecule has 0 unspecified atom stereocenters. The van der Waals surface area contributed by atoms with E-state index in [2.05, 4.69) is 15.8 Å². The fourth-order valence-electron chi connectivity index (χ4n) is 3.62. The number of aromatic nitrogens is 1. The summed E-state index contributed by atoms with van der Waals surface area (Å²) in [5.74, 6) is -1.40. The number of nitrogens with one attached hydrogen (secondary N) is 2. The van der Waals surface area contributed by atoms with Crippen LogP contribution in [0.4, 0.5) is 20.6 Å². The molecule has 1 atom stereocenters. The molecule has 1 aliphatic heterocycles. The number of carbonyl (C=O) groups is 3. The summed E-state index contributed by atoms with van der Waals surface area (Å²) < 4.78 is 23.6. The molecule has 9 nitrogen and oxygen atoms in total. The summed E-state index contributed by atoms with van der Waals surface area (Å²) in [5.41, 5.74) is 1.63. The normalized spacial score (nSPS) is 15.2. The third-order valence-electron chi connectivity index (χ3n) is 5.27. The molecule has 0 radical (unpaired) electrons. The maximum atomic E-state index is 13.7. The molecule has 33 heavy (non-hydrogen) atoms. The average Bonchev–Trinajstić information content (AvgIpc) is 3.50. The van der Waals surface area contributed by atoms with Gasteiger partial charge in [0.2, 0.25) is 5.76 Å². The Hall–Kier alpha value is -4.21. The lowest BCUT2D eigenvalue weighted by molar-refractivity contribution is -0.145. The van der Waals surface area contributed by atoms with Gasteiger partial charge in [-0.2, -0.15) is 0 Å². The summed E-state index contributed by atoms with van der Waals surface area (Å²) >= 11 is 0. The van der Waals surface area contributed by atoms with Gasteiger partial charge in [-0.25, -0.2) is 14.0 Å². The number of carbonyl (C=O) groups excluding carboxylic acids is 3. The molecule has 3 amide bonds. The molecule has 170 valence electrons. The molecule has 0 bridgehead atoms. The number of urea groups is 1. The predicted octanol–water partition coefficient (Wildman–Crippen LogP) is 3.90. The van der Waals surface area contributed by atoms with Crippen LogP contribution in [0, 0.1) is 5.82 Å². The number of halogens is 1. The first-order valence-corrected chi connectivity index (χ1v) is 10.2. The highest BCUT2D eigenvalue weighted by Crippen LogP contribution is 2.25. The van der Waals surface area contributed by atoms with Crippen LogP contribution >= 0.6 is 0 Å². The van der Waals surface area contributed by atoms with E-state index in [-0.39, 0.29) is 11.4 Å². The Labute approximate surface area is 188 Å². The third kappa shape index (κ3) is 4.84. The summed E-state index contributed by atoms with van der Waals surface area (Å²) in [6.45, 7) is 0.434. The summed E-state index contributed by atoms with van der Waals surface area (Å²) in [6, 6.07) is 12.8. The number of methoxy groups -OCH3 is 1. The van der Waals surface area contributed by atoms with Gasteiger partial charge in [0, 0.05) is 23.9 Å². The number of likely N-dealkylation sites (tertiary alicyclic amines) is 1. The highest BCUT2D eigenvalue weighted by Gasteiger charge is 2.36. The van der Waals surface area contributed by atoms with E-state index in [0.29, 0.717) is 36.3 Å². The van der Waals surface area contributed by atoms with Gasteiger partial charge in [-0.05, 0) is 37.1 Å². The Bertz CT molecular complexity index is 1180. The van der Waals surface area contributed by atoms with E-state index < -0.39 is 29.8 Å². The van der Waals surface area contributed by atoms with Crippen molar-refractivity contribution in [2.75, 3.05) is 24.3 Å². The van der Waals surface area contributed by atoms with Crippen LogP contribution in [0.2, 0.25) is 0 Å². The number of nitrogens with zero attached hydrogens (tertiary/aromatic N) is 2. The van der Waals surface area contributed by atoms with Crippen LogP contribution in [0.5, 0.6) is 0 Å². The smallest absolute Gasteiger partial charge is 0.328 e. The third-order valence-corrected chi connectivity index (χ3v) is 5.27. The molecule has 2 aromatic carbocycles. The second-order valence-electron chi connectivity index (χ2n) is 7.39. The fraction of sp³-hybridized carbons (Fsp3) is 0.217. The summed E-state index contributed by atoms with van der Waals surface area (Å²) in [7, 11) is 1.29. The van der Waals surface area contributed by atoms with Crippen molar-refractivity contribution in [2.24, 2.45) is 0 Å². The van der Waals surface area contributed by atoms with Crippen LogP contribution in [0.15, 0.2) is 59.1 Å². The van der Waals surface area contributed by atoms with E-state index in [9.17, 15) is 18.8 Å². The number of hydrogen-bond acceptors (Lipinski definition) is 6. The molecule has 2 heterocycles. The minimum atomic E-state index is -0.628. The molecule has 4 rings (SSSR count). The number of benzene rings is 2. The zero-order valence-corrected chi connectivity index (χ0v) is 17.7. The van der Waals surface area contributed by atoms with E-state index in [1.54, 1.807) is 30.3 Å². The number of amides is 3. The molecule has 1 saturated heterocycles. The molecule has 1 fully saturated rings. The first-order chi connectivity index (χ1) is 16.0. The van der Waals surface area contributed by atoms with E-state index in [1.165, 1.54) is 36.3 Å². The zero-order chi connectivity index (χ0) is 23.4. The molecular weight excluding hydrogens is 431 g/mol. The molecular formula is C23H21FN4O5. The van der Waals surface area contributed by atoms with Gasteiger partial charge in [0.25, 0.3) is 5.91 Å². The molecule has 0 saturated carbocycles. The number of hydrogen-bond donors (Lipinski definition) is 2. The monoisotopic (exact) mass is 452 g/mol. The summed E-state index contributed by atoms with van der Waals surface area (Å²) in [5, 5.41) is 8.99. The van der Waals surface area contributed by atoms with Crippen LogP contribution in [-0.4, -0.2) is 47.7 Å². The number of esters is 1. The average molecular weight is 452 g/mol. The molecule has 3 aromatic rings. The maximum Gasteiger partial charge on any atom is 0.328 e. The van der Waals surface area contributed by atoms with Gasteiger partial charge in [0.15, 0.2) is 0 Å². The Balaban J connectivity index is 1.40. The first-order valence-electron chi connectivity index (χ1n) is 10.2. The quantitative estimate of drug-likeness (QED) is 0.568. The van der Waals surface area contributed by atoms with Crippen LogP contribution in [0.3, 0.4) is 0 Å². The second-order valence-corrected chi connectivity index (χ2v) is 7.39. The number of ether oxygens (including phenoxy) is 1. The lowest BCUT2D eigenvalue weighted by Crippen LogP contribution is -2.40. The Kier molecular flexibility index (Phi) is 6.34. The Morgan fingerprint density at radius 3 is 2.61 bits per heavy atom. The van der Waals surface area contributed by atoms with Crippen LogP contribution in [0.25, 0.3) is 11.3 Å². The van der Waals surface area contributed by atoms with Gasteiger partial charge in [-0.3, -0.25) is 4.79 Å². The van der Waals surface area contributed by atoms with Crippen molar-refractivity contribution in [3.8, 4) is 11.3 Å². The Morgan fingerprint density at radius 2 is 1.88 bits per heavy atom. The van der Waals surface area contributed by atoms with Crippen molar-refractivity contribution in [3.05, 3.63) is 66.2 Å². The molecule has 2 N–H and O–H groups in total. The molecule has 1 aromatic heterocycles. The minimum absolute atomic E-state index is 0.0206. The van der Waals surface area contributed by atoms with Gasteiger partial charge in [-0.1, -0.05) is 29.4 Å². The summed E-state index contributed by atoms with van der Waals surface area (Å²) in [6.07, 6.45) is 1.24. The van der Waals surface area contributed by atoms with E-state index in [4.69, 9.17) is 9.26 Å². The number of rotatable bonds is 5. The fourth-order valence-corrected chi connectivity index (χ4v) is 3.62. The molecule has 0 aliphatic carbocycles. The van der Waals surface area contributed by atoms with Crippen molar-refractivity contribution in [1.82, 2.24) is 10.1 Å². The van der Waals surface area contributed by atoms with E-state index >= 15 is 0 Å². The standard InChI is InChI=1S/C23H21FN4O5/c1-32-22(30)19-7-4-12-28(19)21(29)20-13-18(27-33-20)14-8-10-15(11-9-14)25-23(31)26-17-6-3-2-5-16(17)24/h2-3,5-6,8-11,13,19H,4,7,12H2,1H3,(H2,25,26,31)/t19-/m0/s1. The van der Waals surface area contributed by atoms with Crippen molar-refractivity contribution < 1.29 is 28.0 Å². The number of anilines is 2. The van der Waals surface area contributed by atoms with Gasteiger partial charge in [0.1, 0.15) is 17.6 Å². The van der Waals surface area contributed by atoms with Gasteiger partial charge in [0.05, 0.1) is 12.8 Å². The first kappa shape index (κ1) is 22.0. The lowest BCUT2D eigenvalue weighted by atomic mass is 10.1. The highest BCUT2D eigenvalue weighted by molar-refractivity contribution is 6.00. The predicted molar refractivity (Wildman–Crippen MR) is 117 cm³/mol. The van der Waals surface area contributed by atoms with Crippen LogP contribution in [0.1, 0.15) is 23.4 Å². The largest absolute Gasteiger partial charge is 0.467 e. The molecule has 1 aliphatic rings. The number of para-hydroxylation sites is 1. The van der Waals surface area contributed by atoms with Gasteiger partial charge >= 0.3 is 12.0 Å². The molecule has 0 spiro atoms.